The van der Waals surface area contributed by atoms with Crippen LogP contribution in [0.15, 0.2) is 40.2 Å². The van der Waals surface area contributed by atoms with E-state index < -0.39 is 51.6 Å². The summed E-state index contributed by atoms with van der Waals surface area (Å²) in [4.78, 5) is 63.0. The highest BCUT2D eigenvalue weighted by Gasteiger charge is 2.26. The molecule has 0 radical (unpaired) electrons. The Morgan fingerprint density at radius 2 is 1.87 bits per heavy atom. The van der Waals surface area contributed by atoms with Gasteiger partial charge in [-0.3, -0.25) is 34.3 Å². The van der Waals surface area contributed by atoms with E-state index in [1.165, 1.54) is 20.2 Å². The van der Waals surface area contributed by atoms with Gasteiger partial charge in [-0.25, -0.2) is 23.7 Å². The quantitative estimate of drug-likeness (QED) is 0.0583. The standard InChI is InChI=1S/C27H38IN7O9S/c1-17-13-19(23(24(37)31-17)34-45(40,41)15-18-9-7-8-10-20(18)28)14-22(36)32-21(25(38)35(5)42-6)11-12-43-30-16-29-33-26(39)44-27(2,3)4/h7-10,13,16,21,34H,11-12,14-15H2,1-6H3,(H,29,30)(H,31,37)(H,32,36)(H,33,39)/t21-/m0/s1. The lowest BCUT2D eigenvalue weighted by molar-refractivity contribution is -0.172. The molecule has 0 bridgehead atoms. The number of carbonyl (C=O) groups excluding carboxylic acids is 3. The van der Waals surface area contributed by atoms with E-state index in [9.17, 15) is 27.6 Å². The zero-order valence-electron chi connectivity index (χ0n) is 25.7. The largest absolute Gasteiger partial charge is 0.443 e. The van der Waals surface area contributed by atoms with Crippen LogP contribution in [0.3, 0.4) is 0 Å². The predicted molar refractivity (Wildman–Crippen MR) is 174 cm³/mol. The number of hydrogen-bond acceptors (Lipinski definition) is 10. The van der Waals surface area contributed by atoms with Gasteiger partial charge in [-0.15, -0.1) is 0 Å². The molecule has 0 spiro atoms. The fraction of sp³-hybridized carbons (Fsp3) is 0.444. The van der Waals surface area contributed by atoms with Gasteiger partial charge in [0.15, 0.2) is 0 Å². The molecule has 2 rings (SSSR count). The number of aromatic nitrogens is 1. The second kappa shape index (κ2) is 17.1. The number of H-pyrrole nitrogens is 1. The van der Waals surface area contributed by atoms with Crippen LogP contribution in [0.25, 0.3) is 0 Å². The molecule has 2 aromatic rings. The summed E-state index contributed by atoms with van der Waals surface area (Å²) >= 11 is 2.02. The van der Waals surface area contributed by atoms with Crippen LogP contribution in [0.5, 0.6) is 0 Å². The lowest BCUT2D eigenvalue weighted by atomic mass is 10.1. The highest BCUT2D eigenvalue weighted by Crippen LogP contribution is 2.19. The number of carbonyl (C=O) groups is 3. The topological polar surface area (TPSA) is 210 Å². The van der Waals surface area contributed by atoms with E-state index in [4.69, 9.17) is 14.4 Å². The molecule has 16 nitrogen and oxygen atoms in total. The predicted octanol–water partition coefficient (Wildman–Crippen LogP) is 1.66. The Balaban J connectivity index is 2.09. The first-order chi connectivity index (χ1) is 21.0. The van der Waals surface area contributed by atoms with Crippen LogP contribution in [0.4, 0.5) is 10.5 Å². The van der Waals surface area contributed by atoms with Crippen LogP contribution in [0.2, 0.25) is 0 Å². The first-order valence-electron chi connectivity index (χ1n) is 13.5. The molecule has 0 unspecified atom stereocenters. The Bertz CT molecular complexity index is 1540. The van der Waals surface area contributed by atoms with E-state index in [-0.39, 0.29) is 30.0 Å². The summed E-state index contributed by atoms with van der Waals surface area (Å²) in [5, 5.41) is 7.09. The van der Waals surface area contributed by atoms with Crippen molar-refractivity contribution in [3.8, 4) is 0 Å². The Morgan fingerprint density at radius 3 is 2.51 bits per heavy atom. The maximum atomic E-state index is 13.1. The summed E-state index contributed by atoms with van der Waals surface area (Å²) in [5.41, 5.74) is 3.82. The van der Waals surface area contributed by atoms with Gasteiger partial charge in [-0.1, -0.05) is 18.2 Å². The monoisotopic (exact) mass is 763 g/mol. The molecular formula is C27H38IN7O9S. The number of halogens is 1. The maximum absolute atomic E-state index is 13.1. The summed E-state index contributed by atoms with van der Waals surface area (Å²) in [6.45, 7) is 6.58. The third kappa shape index (κ3) is 13.4. The van der Waals surface area contributed by atoms with Gasteiger partial charge in [0.05, 0.1) is 25.9 Å². The second-order valence-corrected chi connectivity index (χ2v) is 13.5. The second-order valence-electron chi connectivity index (χ2n) is 10.6. The number of likely N-dealkylation sites (N-methyl/N-ethyl adjacent to an activating group) is 1. The van der Waals surface area contributed by atoms with Crippen molar-refractivity contribution < 1.29 is 37.2 Å². The summed E-state index contributed by atoms with van der Waals surface area (Å²) < 4.78 is 34.1. The van der Waals surface area contributed by atoms with Crippen LogP contribution in [-0.4, -0.2) is 75.1 Å². The first-order valence-corrected chi connectivity index (χ1v) is 16.2. The Hall–Kier alpha value is -3.75. The van der Waals surface area contributed by atoms with Gasteiger partial charge in [0.1, 0.15) is 23.7 Å². The molecule has 0 aliphatic rings. The number of pyridine rings is 1. The van der Waals surface area contributed by atoms with Crippen LogP contribution in [0.1, 0.15) is 44.0 Å². The minimum absolute atomic E-state index is 0.0256. The number of anilines is 1. The summed E-state index contributed by atoms with van der Waals surface area (Å²) in [6, 6.07) is 7.26. The number of aryl methyl sites for hydroxylation is 1. The molecule has 0 saturated heterocycles. The molecule has 0 aliphatic carbocycles. The van der Waals surface area contributed by atoms with Crippen molar-refractivity contribution >= 4 is 62.5 Å². The number of ether oxygens (including phenoxy) is 1. The van der Waals surface area contributed by atoms with E-state index in [1.54, 1.807) is 52.0 Å². The van der Waals surface area contributed by atoms with Crippen molar-refractivity contribution in [2.75, 3.05) is 25.5 Å². The molecule has 1 atom stereocenters. The molecule has 1 heterocycles. The number of aromatic amines is 1. The van der Waals surface area contributed by atoms with E-state index >= 15 is 0 Å². The molecule has 45 heavy (non-hydrogen) atoms. The van der Waals surface area contributed by atoms with Gasteiger partial charge in [-0.05, 0) is 73.5 Å². The van der Waals surface area contributed by atoms with Crippen LogP contribution in [-0.2, 0) is 46.2 Å². The van der Waals surface area contributed by atoms with Gasteiger partial charge >= 0.3 is 6.09 Å². The number of nitrogens with zero attached hydrogens (tertiary/aromatic N) is 2. The van der Waals surface area contributed by atoms with Gasteiger partial charge in [0.2, 0.25) is 15.9 Å². The normalized spacial score (nSPS) is 12.3. The van der Waals surface area contributed by atoms with E-state index in [0.717, 1.165) is 15.0 Å². The van der Waals surface area contributed by atoms with Crippen molar-refractivity contribution in [3.63, 3.8) is 0 Å². The average Bonchev–Trinajstić information content (AvgIpc) is 2.93. The number of sulfonamides is 1. The number of rotatable bonds is 15. The Kier molecular flexibility index (Phi) is 14.2. The van der Waals surface area contributed by atoms with Crippen molar-refractivity contribution in [3.05, 3.63) is 61.1 Å². The minimum atomic E-state index is -4.04. The van der Waals surface area contributed by atoms with Crippen molar-refractivity contribution in [2.24, 2.45) is 5.10 Å². The summed E-state index contributed by atoms with van der Waals surface area (Å²) in [7, 11) is -1.41. The number of hydroxylamine groups is 3. The van der Waals surface area contributed by atoms with Gasteiger partial charge in [-0.2, -0.15) is 5.10 Å². The van der Waals surface area contributed by atoms with Crippen LogP contribution in [0, 0.1) is 10.5 Å². The molecule has 248 valence electrons. The molecule has 1 aromatic carbocycles. The molecule has 0 fully saturated rings. The fourth-order valence-electron chi connectivity index (χ4n) is 3.69. The van der Waals surface area contributed by atoms with Crippen molar-refractivity contribution in [2.45, 2.75) is 57.9 Å². The fourth-order valence-corrected chi connectivity index (χ4v) is 5.80. The molecule has 18 heteroatoms. The smallest absolute Gasteiger partial charge is 0.428 e. The third-order valence-corrected chi connectivity index (χ3v) is 7.90. The zero-order chi connectivity index (χ0) is 33.8. The van der Waals surface area contributed by atoms with E-state index in [1.807, 2.05) is 22.6 Å². The van der Waals surface area contributed by atoms with E-state index in [0.29, 0.717) is 11.3 Å². The number of benzene rings is 1. The zero-order valence-corrected chi connectivity index (χ0v) is 28.7. The van der Waals surface area contributed by atoms with E-state index in [2.05, 4.69) is 31.0 Å². The Morgan fingerprint density at radius 1 is 1.18 bits per heavy atom. The summed E-state index contributed by atoms with van der Waals surface area (Å²) in [6.07, 6.45) is -0.179. The molecule has 5 N–H and O–H groups in total. The third-order valence-electron chi connectivity index (χ3n) is 5.64. The molecule has 3 amide bonds. The number of hydrazone groups is 1. The van der Waals surface area contributed by atoms with Crippen molar-refractivity contribution in [1.29, 1.82) is 0 Å². The van der Waals surface area contributed by atoms with Gasteiger partial charge in [0.25, 0.3) is 11.5 Å². The number of hydrogen-bond donors (Lipinski definition) is 5. The number of nitrogens with one attached hydrogen (secondary N) is 5. The van der Waals surface area contributed by atoms with Gasteiger partial charge in [0, 0.05) is 22.7 Å². The molecular weight excluding hydrogens is 725 g/mol. The molecule has 0 saturated carbocycles. The lowest BCUT2D eigenvalue weighted by Crippen LogP contribution is -2.48. The first kappa shape index (κ1) is 37.4. The summed E-state index contributed by atoms with van der Waals surface area (Å²) in [5.74, 6) is -1.66. The van der Waals surface area contributed by atoms with Crippen molar-refractivity contribution in [1.82, 2.24) is 26.3 Å². The SMILES string of the molecule is CON(C)C(=O)[C@H](CCONC=NNC(=O)OC(C)(C)C)NC(=O)Cc1cc(C)[nH]c(=O)c1NS(=O)(=O)Cc1ccccc1I. The minimum Gasteiger partial charge on any atom is -0.443 e. The maximum Gasteiger partial charge on any atom is 0.428 e. The molecule has 0 aliphatic heterocycles. The molecule has 1 aromatic heterocycles. The van der Waals surface area contributed by atoms with Gasteiger partial charge < -0.3 is 15.0 Å². The van der Waals surface area contributed by atoms with Crippen LogP contribution >= 0.6 is 22.6 Å². The highest BCUT2D eigenvalue weighted by molar-refractivity contribution is 14.1. The highest BCUT2D eigenvalue weighted by atomic mass is 127. The number of amides is 3. The Labute approximate surface area is 274 Å². The van der Waals surface area contributed by atoms with Crippen LogP contribution < -0.4 is 26.5 Å². The lowest BCUT2D eigenvalue weighted by Gasteiger charge is -2.23. The average molecular weight is 764 g/mol.